The molecule has 3 nitrogen and oxygen atoms in total. The van der Waals surface area contributed by atoms with Gasteiger partial charge in [-0.25, -0.2) is 0 Å². The molecule has 2 aromatic rings. The second-order valence-electron chi connectivity index (χ2n) is 2.89. The molecular formula is C10H9N3. The molecule has 0 aliphatic heterocycles. The summed E-state index contributed by atoms with van der Waals surface area (Å²) < 4.78 is 1.86. The molecule has 0 spiro atoms. The van der Waals surface area contributed by atoms with Gasteiger partial charge in [0.15, 0.2) is 5.82 Å². The highest BCUT2D eigenvalue weighted by molar-refractivity contribution is 5.56. The van der Waals surface area contributed by atoms with Crippen molar-refractivity contribution < 1.29 is 0 Å². The number of rotatable bonds is 1. The first-order valence-corrected chi connectivity index (χ1v) is 3.97. The van der Waals surface area contributed by atoms with Gasteiger partial charge in [-0.1, -0.05) is 18.2 Å². The van der Waals surface area contributed by atoms with Crippen LogP contribution < -0.4 is 0 Å². The van der Waals surface area contributed by atoms with Gasteiger partial charge in [-0.05, 0) is 18.6 Å². The Morgan fingerprint density at radius 1 is 1.38 bits per heavy atom. The van der Waals surface area contributed by atoms with Crippen LogP contribution in [-0.4, -0.2) is 14.8 Å². The highest BCUT2D eigenvalue weighted by atomic mass is 15.2. The minimum absolute atomic E-state index is 0.737. The van der Waals surface area contributed by atoms with Crippen LogP contribution in [0.5, 0.6) is 0 Å². The lowest BCUT2D eigenvalue weighted by molar-refractivity contribution is 0.919. The quantitative estimate of drug-likeness (QED) is 0.651. The second kappa shape index (κ2) is 3.01. The van der Waals surface area contributed by atoms with Gasteiger partial charge in [0, 0.05) is 12.6 Å². The zero-order valence-electron chi connectivity index (χ0n) is 7.31. The van der Waals surface area contributed by atoms with Crippen LogP contribution in [0.15, 0.2) is 30.6 Å². The van der Waals surface area contributed by atoms with E-state index >= 15 is 0 Å². The topological polar surface area (TPSA) is 30.7 Å². The predicted molar refractivity (Wildman–Crippen MR) is 49.8 cm³/mol. The van der Waals surface area contributed by atoms with Crippen molar-refractivity contribution in [3.8, 4) is 11.4 Å². The molecule has 0 unspecified atom stereocenters. The van der Waals surface area contributed by atoms with E-state index in [0.29, 0.717) is 0 Å². The Kier molecular flexibility index (Phi) is 1.85. The Bertz CT molecular complexity index is 418. The van der Waals surface area contributed by atoms with Crippen molar-refractivity contribution in [3.63, 3.8) is 0 Å². The van der Waals surface area contributed by atoms with E-state index in [1.807, 2.05) is 35.9 Å². The molecule has 0 amide bonds. The molecule has 64 valence electrons. The van der Waals surface area contributed by atoms with Crippen molar-refractivity contribution in [2.45, 2.75) is 0 Å². The summed E-state index contributed by atoms with van der Waals surface area (Å²) in [6.45, 7) is 5.66. The van der Waals surface area contributed by atoms with Crippen molar-refractivity contribution >= 4 is 0 Å². The van der Waals surface area contributed by atoms with E-state index in [1.165, 1.54) is 0 Å². The Morgan fingerprint density at radius 2 is 2.23 bits per heavy atom. The second-order valence-corrected chi connectivity index (χ2v) is 2.89. The first-order chi connectivity index (χ1) is 6.27. The summed E-state index contributed by atoms with van der Waals surface area (Å²) in [5.74, 6) is 0.826. The average Bonchev–Trinajstić information content (AvgIpc) is 2.51. The molecule has 0 N–H and O–H groups in total. The summed E-state index contributed by atoms with van der Waals surface area (Å²) in [4.78, 5) is 0. The third kappa shape index (κ3) is 1.45. The first-order valence-electron chi connectivity index (χ1n) is 3.97. The van der Waals surface area contributed by atoms with Gasteiger partial charge in [-0.3, -0.25) is 0 Å². The van der Waals surface area contributed by atoms with E-state index < -0.39 is 0 Å². The lowest BCUT2D eigenvalue weighted by atomic mass is 10.1. The van der Waals surface area contributed by atoms with E-state index in [1.54, 1.807) is 6.33 Å². The van der Waals surface area contributed by atoms with Gasteiger partial charge < -0.3 is 4.57 Å². The highest BCUT2D eigenvalue weighted by Gasteiger charge is 2.02. The van der Waals surface area contributed by atoms with Gasteiger partial charge in [-0.15, -0.1) is 10.2 Å². The average molecular weight is 171 g/mol. The minimum Gasteiger partial charge on any atom is -0.317 e. The fourth-order valence-corrected chi connectivity index (χ4v) is 1.22. The Balaban J connectivity index is 2.53. The highest BCUT2D eigenvalue weighted by Crippen LogP contribution is 2.16. The molecule has 3 heteroatoms. The SMILES string of the molecule is [CH]c1cccc(-c2nncn2C)c1. The lowest BCUT2D eigenvalue weighted by Crippen LogP contribution is -1.90. The van der Waals surface area contributed by atoms with Crippen molar-refractivity contribution in [2.24, 2.45) is 7.05 Å². The molecule has 0 aliphatic carbocycles. The maximum absolute atomic E-state index is 5.66. The fourth-order valence-electron chi connectivity index (χ4n) is 1.22. The van der Waals surface area contributed by atoms with Crippen LogP contribution in [0.4, 0.5) is 0 Å². The van der Waals surface area contributed by atoms with Crippen LogP contribution in [0, 0.1) is 6.92 Å². The van der Waals surface area contributed by atoms with Gasteiger partial charge in [-0.2, -0.15) is 0 Å². The number of aromatic nitrogens is 3. The van der Waals surface area contributed by atoms with Crippen LogP contribution >= 0.6 is 0 Å². The standard InChI is InChI=1S/C10H9N3/c1-8-4-3-5-9(6-8)10-12-11-7-13(10)2/h1,3-7H,2H3. The van der Waals surface area contributed by atoms with Gasteiger partial charge in [0.2, 0.25) is 0 Å². The molecule has 0 saturated heterocycles. The molecule has 0 fully saturated rings. The summed E-state index contributed by atoms with van der Waals surface area (Å²) in [6, 6.07) is 7.59. The van der Waals surface area contributed by atoms with Crippen molar-refractivity contribution in [3.05, 3.63) is 43.1 Å². The zero-order chi connectivity index (χ0) is 9.26. The van der Waals surface area contributed by atoms with E-state index in [2.05, 4.69) is 10.2 Å². The molecule has 2 rings (SSSR count). The summed E-state index contributed by atoms with van der Waals surface area (Å²) in [5.41, 5.74) is 1.72. The summed E-state index contributed by atoms with van der Waals surface area (Å²) >= 11 is 0. The summed E-state index contributed by atoms with van der Waals surface area (Å²) in [7, 11) is 1.90. The number of hydrogen-bond acceptors (Lipinski definition) is 2. The van der Waals surface area contributed by atoms with Gasteiger partial charge in [0.05, 0.1) is 0 Å². The molecule has 1 aromatic carbocycles. The third-order valence-electron chi connectivity index (χ3n) is 1.86. The molecule has 0 aliphatic rings. The van der Waals surface area contributed by atoms with Crippen molar-refractivity contribution in [1.29, 1.82) is 0 Å². The summed E-state index contributed by atoms with van der Waals surface area (Å²) in [5, 5.41) is 7.78. The molecular weight excluding hydrogens is 162 g/mol. The lowest BCUT2D eigenvalue weighted by Gasteiger charge is -2.00. The molecule has 13 heavy (non-hydrogen) atoms. The largest absolute Gasteiger partial charge is 0.317 e. The van der Waals surface area contributed by atoms with Crippen LogP contribution in [-0.2, 0) is 7.05 Å². The monoisotopic (exact) mass is 171 g/mol. The Morgan fingerprint density at radius 3 is 2.85 bits per heavy atom. The van der Waals surface area contributed by atoms with Crippen molar-refractivity contribution in [1.82, 2.24) is 14.8 Å². The number of aryl methyl sites for hydroxylation is 1. The maximum atomic E-state index is 5.66. The van der Waals surface area contributed by atoms with E-state index in [4.69, 9.17) is 6.92 Å². The van der Waals surface area contributed by atoms with Crippen molar-refractivity contribution in [2.75, 3.05) is 0 Å². The molecule has 1 aromatic heterocycles. The normalized spacial score (nSPS) is 10.3. The Hall–Kier alpha value is -1.64. The van der Waals surface area contributed by atoms with Crippen LogP contribution in [0.25, 0.3) is 11.4 Å². The number of hydrogen-bond donors (Lipinski definition) is 0. The van der Waals surface area contributed by atoms with E-state index in [-0.39, 0.29) is 0 Å². The third-order valence-corrected chi connectivity index (χ3v) is 1.86. The number of benzene rings is 1. The first kappa shape index (κ1) is 7.98. The molecule has 1 heterocycles. The van der Waals surface area contributed by atoms with Gasteiger partial charge in [0.1, 0.15) is 6.33 Å². The Labute approximate surface area is 77.0 Å². The summed E-state index contributed by atoms with van der Waals surface area (Å²) in [6.07, 6.45) is 1.67. The number of nitrogens with zero attached hydrogens (tertiary/aromatic N) is 3. The maximum Gasteiger partial charge on any atom is 0.163 e. The molecule has 0 bridgehead atoms. The smallest absolute Gasteiger partial charge is 0.163 e. The van der Waals surface area contributed by atoms with Gasteiger partial charge >= 0.3 is 0 Å². The molecule has 0 atom stereocenters. The minimum atomic E-state index is 0.737. The predicted octanol–water partition coefficient (Wildman–Crippen LogP) is 1.54. The van der Waals surface area contributed by atoms with Gasteiger partial charge in [0.25, 0.3) is 0 Å². The fraction of sp³-hybridized carbons (Fsp3) is 0.100. The molecule has 2 radical (unpaired) electrons. The van der Waals surface area contributed by atoms with Crippen LogP contribution in [0.1, 0.15) is 5.56 Å². The molecule has 0 saturated carbocycles. The van der Waals surface area contributed by atoms with E-state index in [9.17, 15) is 0 Å². The van der Waals surface area contributed by atoms with E-state index in [0.717, 1.165) is 17.0 Å². The van der Waals surface area contributed by atoms with Crippen LogP contribution in [0.3, 0.4) is 0 Å². The van der Waals surface area contributed by atoms with Crippen LogP contribution in [0.2, 0.25) is 0 Å². The zero-order valence-corrected chi connectivity index (χ0v) is 7.31.